The van der Waals surface area contributed by atoms with Gasteiger partial charge in [-0.3, -0.25) is 4.90 Å². The summed E-state index contributed by atoms with van der Waals surface area (Å²) in [5.41, 5.74) is 2.86. The van der Waals surface area contributed by atoms with Crippen LogP contribution < -0.4 is 0 Å². The maximum atomic E-state index is 11.9. The van der Waals surface area contributed by atoms with Crippen LogP contribution in [-0.4, -0.2) is 50.3 Å². The highest BCUT2D eigenvalue weighted by molar-refractivity contribution is 5.95. The number of nitrogens with zero attached hydrogens (tertiary/aromatic N) is 1. The van der Waals surface area contributed by atoms with E-state index in [0.29, 0.717) is 17.6 Å². The molecule has 2 bridgehead atoms. The highest BCUT2D eigenvalue weighted by Crippen LogP contribution is 2.33. The Hall–Kier alpha value is -1.65. The molecule has 4 nitrogen and oxygen atoms in total. The molecule has 2 atom stereocenters. The number of esters is 1. The number of fused-ring (bicyclic) bond motifs is 2. The molecule has 20 heavy (non-hydrogen) atoms. The van der Waals surface area contributed by atoms with Crippen LogP contribution >= 0.6 is 0 Å². The van der Waals surface area contributed by atoms with Crippen molar-refractivity contribution in [2.75, 3.05) is 27.4 Å². The van der Waals surface area contributed by atoms with E-state index in [0.717, 1.165) is 25.2 Å². The minimum atomic E-state index is -0.276. The van der Waals surface area contributed by atoms with Gasteiger partial charge >= 0.3 is 5.97 Å². The molecule has 0 aromatic heterocycles. The molecular weight excluding hydrogens is 254 g/mol. The van der Waals surface area contributed by atoms with Crippen molar-refractivity contribution >= 4 is 11.5 Å². The minimum absolute atomic E-state index is 0.276. The van der Waals surface area contributed by atoms with Gasteiger partial charge < -0.3 is 9.47 Å². The normalized spacial score (nSPS) is 26.0. The van der Waals surface area contributed by atoms with Crippen LogP contribution in [-0.2, 0) is 9.47 Å². The van der Waals surface area contributed by atoms with E-state index >= 15 is 0 Å². The van der Waals surface area contributed by atoms with E-state index in [9.17, 15) is 4.79 Å². The van der Waals surface area contributed by atoms with Crippen LogP contribution in [0.2, 0.25) is 0 Å². The van der Waals surface area contributed by atoms with E-state index in [4.69, 9.17) is 9.47 Å². The summed E-state index contributed by atoms with van der Waals surface area (Å²) < 4.78 is 10.5. The van der Waals surface area contributed by atoms with Crippen molar-refractivity contribution in [3.05, 3.63) is 41.5 Å². The van der Waals surface area contributed by atoms with Crippen LogP contribution in [0.4, 0.5) is 0 Å². The lowest BCUT2D eigenvalue weighted by Gasteiger charge is -2.42. The van der Waals surface area contributed by atoms with Crippen LogP contribution in [0, 0.1) is 0 Å². The first-order valence-electron chi connectivity index (χ1n) is 6.89. The molecule has 2 unspecified atom stereocenters. The monoisotopic (exact) mass is 273 g/mol. The van der Waals surface area contributed by atoms with Gasteiger partial charge in [0, 0.05) is 6.04 Å². The number of rotatable bonds is 2. The molecule has 106 valence electrons. The Labute approximate surface area is 119 Å². The fourth-order valence-electron chi connectivity index (χ4n) is 3.00. The van der Waals surface area contributed by atoms with Gasteiger partial charge in [0.25, 0.3) is 0 Å². The maximum absolute atomic E-state index is 11.9. The average Bonchev–Trinajstić information content (AvgIpc) is 2.46. The number of hydrogen-bond acceptors (Lipinski definition) is 4. The highest BCUT2D eigenvalue weighted by Gasteiger charge is 2.33. The summed E-state index contributed by atoms with van der Waals surface area (Å²) in [5.74, 6) is -0.276. The van der Waals surface area contributed by atoms with Crippen LogP contribution in [0.1, 0.15) is 22.3 Å². The van der Waals surface area contributed by atoms with Gasteiger partial charge in [0.05, 0.1) is 31.9 Å². The Kier molecular flexibility index (Phi) is 3.59. The Balaban J connectivity index is 2.00. The predicted molar refractivity (Wildman–Crippen MR) is 76.5 cm³/mol. The van der Waals surface area contributed by atoms with E-state index < -0.39 is 0 Å². The number of methoxy groups -OCH3 is 1. The molecule has 2 aliphatic heterocycles. The summed E-state index contributed by atoms with van der Waals surface area (Å²) in [6.07, 6.45) is 3.12. The fraction of sp³-hybridized carbons (Fsp3) is 0.438. The van der Waals surface area contributed by atoms with Gasteiger partial charge in [-0.05, 0) is 30.7 Å². The van der Waals surface area contributed by atoms with Gasteiger partial charge in [0.1, 0.15) is 0 Å². The van der Waals surface area contributed by atoms with Gasteiger partial charge in [-0.1, -0.05) is 24.3 Å². The number of morpholine rings is 1. The molecule has 2 heterocycles. The smallest absolute Gasteiger partial charge is 0.338 e. The molecule has 0 saturated carbocycles. The number of carbonyl (C=O) groups is 1. The number of likely N-dealkylation sites (N-methyl/N-ethyl adjacent to an activating group) is 1. The third kappa shape index (κ3) is 2.25. The van der Waals surface area contributed by atoms with Crippen molar-refractivity contribution in [1.82, 2.24) is 4.90 Å². The molecule has 1 aromatic rings. The Bertz CT molecular complexity index is 552. The first kappa shape index (κ1) is 13.3. The third-order valence-corrected chi connectivity index (χ3v) is 4.23. The second-order valence-corrected chi connectivity index (χ2v) is 5.36. The second-order valence-electron chi connectivity index (χ2n) is 5.36. The molecule has 0 aliphatic carbocycles. The lowest BCUT2D eigenvalue weighted by molar-refractivity contribution is -0.0221. The predicted octanol–water partition coefficient (Wildman–Crippen LogP) is 1.96. The van der Waals surface area contributed by atoms with Crippen molar-refractivity contribution in [1.29, 1.82) is 0 Å². The molecule has 0 N–H and O–H groups in total. The minimum Gasteiger partial charge on any atom is -0.465 e. The Morgan fingerprint density at radius 2 is 2.15 bits per heavy atom. The topological polar surface area (TPSA) is 38.8 Å². The Morgan fingerprint density at radius 1 is 1.35 bits per heavy atom. The van der Waals surface area contributed by atoms with E-state index in [1.54, 1.807) is 0 Å². The molecule has 0 radical (unpaired) electrons. The van der Waals surface area contributed by atoms with Gasteiger partial charge in [-0.2, -0.15) is 0 Å². The molecule has 0 spiro atoms. The standard InChI is InChI=1S/C16H19NO3/c1-17-12-7-11(8-13(17)10-20-9-12)14-5-3-4-6-15(14)16(18)19-2/h3-7,12-13H,8-10H2,1-2H3. The molecular formula is C16H19NO3. The fourth-order valence-corrected chi connectivity index (χ4v) is 3.00. The summed E-state index contributed by atoms with van der Waals surface area (Å²) in [5, 5.41) is 0. The molecule has 1 saturated heterocycles. The van der Waals surface area contributed by atoms with Gasteiger partial charge in [-0.25, -0.2) is 4.79 Å². The van der Waals surface area contributed by atoms with Crippen molar-refractivity contribution < 1.29 is 14.3 Å². The van der Waals surface area contributed by atoms with Crippen molar-refractivity contribution in [2.24, 2.45) is 0 Å². The SMILES string of the molecule is COC(=O)c1ccccc1C1=CC2COCC(C1)N2C. The summed E-state index contributed by atoms with van der Waals surface area (Å²) in [6, 6.07) is 8.34. The van der Waals surface area contributed by atoms with Crippen molar-refractivity contribution in [3.63, 3.8) is 0 Å². The summed E-state index contributed by atoms with van der Waals surface area (Å²) >= 11 is 0. The highest BCUT2D eigenvalue weighted by atomic mass is 16.5. The van der Waals surface area contributed by atoms with Crippen LogP contribution in [0.25, 0.3) is 5.57 Å². The van der Waals surface area contributed by atoms with E-state index in [1.165, 1.54) is 12.7 Å². The van der Waals surface area contributed by atoms with Crippen LogP contribution in [0.3, 0.4) is 0 Å². The Morgan fingerprint density at radius 3 is 2.90 bits per heavy atom. The molecule has 0 amide bonds. The lowest BCUT2D eigenvalue weighted by Crippen LogP contribution is -2.51. The summed E-state index contributed by atoms with van der Waals surface area (Å²) in [4.78, 5) is 14.3. The van der Waals surface area contributed by atoms with Gasteiger partial charge in [0.15, 0.2) is 0 Å². The summed E-state index contributed by atoms with van der Waals surface area (Å²) in [7, 11) is 3.56. The quantitative estimate of drug-likeness (QED) is 0.772. The summed E-state index contributed by atoms with van der Waals surface area (Å²) in [6.45, 7) is 1.47. The maximum Gasteiger partial charge on any atom is 0.338 e. The molecule has 1 aromatic carbocycles. The van der Waals surface area contributed by atoms with Crippen molar-refractivity contribution in [3.8, 4) is 0 Å². The van der Waals surface area contributed by atoms with Crippen LogP contribution in [0.5, 0.6) is 0 Å². The third-order valence-electron chi connectivity index (χ3n) is 4.23. The number of carbonyl (C=O) groups excluding carboxylic acids is 1. The zero-order valence-electron chi connectivity index (χ0n) is 11.8. The zero-order valence-corrected chi connectivity index (χ0v) is 11.8. The lowest BCUT2D eigenvalue weighted by atomic mass is 9.88. The van der Waals surface area contributed by atoms with E-state index in [2.05, 4.69) is 18.0 Å². The van der Waals surface area contributed by atoms with Gasteiger partial charge in [0.2, 0.25) is 0 Å². The van der Waals surface area contributed by atoms with Crippen LogP contribution in [0.15, 0.2) is 30.3 Å². The largest absolute Gasteiger partial charge is 0.465 e. The number of benzene rings is 1. The second kappa shape index (κ2) is 5.38. The van der Waals surface area contributed by atoms with E-state index in [-0.39, 0.29) is 5.97 Å². The average molecular weight is 273 g/mol. The zero-order chi connectivity index (χ0) is 14.1. The number of ether oxygens (including phenoxy) is 2. The molecule has 2 aliphatic rings. The molecule has 4 heteroatoms. The molecule has 3 rings (SSSR count). The van der Waals surface area contributed by atoms with E-state index in [1.807, 2.05) is 24.3 Å². The van der Waals surface area contributed by atoms with Crippen molar-refractivity contribution in [2.45, 2.75) is 18.5 Å². The van der Waals surface area contributed by atoms with Gasteiger partial charge in [-0.15, -0.1) is 0 Å². The first-order valence-corrected chi connectivity index (χ1v) is 6.89. The molecule has 1 fully saturated rings. The number of hydrogen-bond donors (Lipinski definition) is 0. The first-order chi connectivity index (χ1) is 9.70.